The van der Waals surface area contributed by atoms with E-state index in [-0.39, 0.29) is 12.6 Å². The van der Waals surface area contributed by atoms with Crippen molar-refractivity contribution in [2.75, 3.05) is 6.61 Å². The first-order valence-corrected chi connectivity index (χ1v) is 11.0. The standard InChI is InChI=1S/C25H24N4O3/c1-16-10-11-21-19(14-16)23(18-7-2-3-8-20(18)27-21)25(30)31-13-5-9-22-28-24(29-32-22)17-6-4-12-26-15-17/h4,6,10-12,14-15H,2-3,5,7-9,13H2,1H3. The van der Waals surface area contributed by atoms with E-state index in [1.165, 1.54) is 0 Å². The highest BCUT2D eigenvalue weighted by atomic mass is 16.5. The fourth-order valence-corrected chi connectivity index (χ4v) is 4.20. The molecule has 3 heterocycles. The van der Waals surface area contributed by atoms with Gasteiger partial charge in [-0.15, -0.1) is 0 Å². The molecule has 0 saturated carbocycles. The molecule has 0 N–H and O–H groups in total. The van der Waals surface area contributed by atoms with Gasteiger partial charge in [0.15, 0.2) is 0 Å². The number of ether oxygens (including phenoxy) is 1. The van der Waals surface area contributed by atoms with E-state index in [1.807, 2.05) is 37.3 Å². The van der Waals surface area contributed by atoms with Crippen LogP contribution in [0, 0.1) is 6.92 Å². The first-order chi connectivity index (χ1) is 15.7. The van der Waals surface area contributed by atoms with Gasteiger partial charge in [-0.25, -0.2) is 4.79 Å². The highest BCUT2D eigenvalue weighted by Crippen LogP contribution is 2.30. The molecule has 0 spiro atoms. The lowest BCUT2D eigenvalue weighted by molar-refractivity contribution is 0.0499. The van der Waals surface area contributed by atoms with Crippen molar-refractivity contribution in [1.82, 2.24) is 20.1 Å². The number of rotatable bonds is 6. The van der Waals surface area contributed by atoms with Crippen molar-refractivity contribution < 1.29 is 14.1 Å². The van der Waals surface area contributed by atoms with Crippen molar-refractivity contribution in [2.24, 2.45) is 0 Å². The van der Waals surface area contributed by atoms with E-state index in [9.17, 15) is 4.79 Å². The fourth-order valence-electron chi connectivity index (χ4n) is 4.20. The van der Waals surface area contributed by atoms with Gasteiger partial charge in [0, 0.05) is 35.5 Å². The third-order valence-corrected chi connectivity index (χ3v) is 5.78. The van der Waals surface area contributed by atoms with Gasteiger partial charge < -0.3 is 9.26 Å². The number of benzene rings is 1. The maximum Gasteiger partial charge on any atom is 0.339 e. The van der Waals surface area contributed by atoms with Crippen molar-refractivity contribution in [1.29, 1.82) is 0 Å². The second-order valence-electron chi connectivity index (χ2n) is 8.13. The number of esters is 1. The molecule has 7 heteroatoms. The van der Waals surface area contributed by atoms with Crippen LogP contribution >= 0.6 is 0 Å². The smallest absolute Gasteiger partial charge is 0.339 e. The zero-order valence-electron chi connectivity index (χ0n) is 18.0. The van der Waals surface area contributed by atoms with E-state index < -0.39 is 0 Å². The topological polar surface area (TPSA) is 91.0 Å². The molecule has 1 aliphatic carbocycles. The Hall–Kier alpha value is -3.61. The van der Waals surface area contributed by atoms with E-state index in [0.29, 0.717) is 30.1 Å². The maximum atomic E-state index is 13.1. The second-order valence-corrected chi connectivity index (χ2v) is 8.13. The van der Waals surface area contributed by atoms with Gasteiger partial charge in [-0.3, -0.25) is 9.97 Å². The van der Waals surface area contributed by atoms with E-state index in [0.717, 1.165) is 59.0 Å². The maximum absolute atomic E-state index is 13.1. The molecule has 5 rings (SSSR count). The van der Waals surface area contributed by atoms with Crippen LogP contribution < -0.4 is 0 Å². The predicted octanol–water partition coefficient (Wildman–Crippen LogP) is 4.66. The molecular weight excluding hydrogens is 404 g/mol. The van der Waals surface area contributed by atoms with E-state index >= 15 is 0 Å². The summed E-state index contributed by atoms with van der Waals surface area (Å²) in [5, 5.41) is 4.88. The van der Waals surface area contributed by atoms with Crippen LogP contribution in [-0.2, 0) is 24.0 Å². The summed E-state index contributed by atoms with van der Waals surface area (Å²) in [7, 11) is 0. The van der Waals surface area contributed by atoms with Crippen LogP contribution in [0.3, 0.4) is 0 Å². The van der Waals surface area contributed by atoms with Crippen LogP contribution in [0.15, 0.2) is 47.2 Å². The summed E-state index contributed by atoms with van der Waals surface area (Å²) in [6.45, 7) is 2.31. The van der Waals surface area contributed by atoms with Crippen LogP contribution in [0.4, 0.5) is 0 Å². The normalized spacial score (nSPS) is 13.2. The zero-order valence-corrected chi connectivity index (χ0v) is 18.0. The summed E-state index contributed by atoms with van der Waals surface area (Å²) < 4.78 is 11.0. The molecule has 0 bridgehead atoms. The number of nitrogens with zero attached hydrogens (tertiary/aromatic N) is 4. The highest BCUT2D eigenvalue weighted by Gasteiger charge is 2.23. The van der Waals surface area contributed by atoms with Crippen molar-refractivity contribution in [3.63, 3.8) is 0 Å². The first-order valence-electron chi connectivity index (χ1n) is 11.0. The molecule has 0 unspecified atom stereocenters. The SMILES string of the molecule is Cc1ccc2nc3c(c(C(=O)OCCCc4nc(-c5cccnc5)no4)c2c1)CCCC3. The number of pyridine rings is 2. The summed E-state index contributed by atoms with van der Waals surface area (Å²) >= 11 is 0. The van der Waals surface area contributed by atoms with Gasteiger partial charge in [-0.1, -0.05) is 16.8 Å². The van der Waals surface area contributed by atoms with Gasteiger partial charge in [0.2, 0.25) is 11.7 Å². The minimum atomic E-state index is -0.275. The molecule has 7 nitrogen and oxygen atoms in total. The molecule has 0 fully saturated rings. The molecule has 1 aliphatic rings. The Kier molecular flexibility index (Phi) is 5.62. The monoisotopic (exact) mass is 428 g/mol. The number of carbonyl (C=O) groups is 1. The highest BCUT2D eigenvalue weighted by molar-refractivity contribution is 6.05. The summed E-state index contributed by atoms with van der Waals surface area (Å²) in [6.07, 6.45) is 8.49. The summed E-state index contributed by atoms with van der Waals surface area (Å²) in [5.74, 6) is 0.750. The van der Waals surface area contributed by atoms with E-state index in [4.69, 9.17) is 14.2 Å². The minimum absolute atomic E-state index is 0.275. The molecule has 3 aromatic heterocycles. The van der Waals surface area contributed by atoms with Crippen molar-refractivity contribution in [3.05, 3.63) is 71.0 Å². The van der Waals surface area contributed by atoms with Crippen LogP contribution in [0.5, 0.6) is 0 Å². The van der Waals surface area contributed by atoms with E-state index in [1.54, 1.807) is 12.4 Å². The van der Waals surface area contributed by atoms with Crippen molar-refractivity contribution in [2.45, 2.75) is 45.4 Å². The Morgan fingerprint density at radius 3 is 2.94 bits per heavy atom. The van der Waals surface area contributed by atoms with Crippen LogP contribution in [0.1, 0.15) is 52.3 Å². The lowest BCUT2D eigenvalue weighted by atomic mass is 9.89. The van der Waals surface area contributed by atoms with Crippen molar-refractivity contribution >= 4 is 16.9 Å². The summed E-state index contributed by atoms with van der Waals surface area (Å²) in [4.78, 5) is 26.4. The predicted molar refractivity (Wildman–Crippen MR) is 119 cm³/mol. The Labute approximate surface area is 185 Å². The molecule has 0 aliphatic heterocycles. The second kappa shape index (κ2) is 8.86. The minimum Gasteiger partial charge on any atom is -0.462 e. The number of hydrogen-bond donors (Lipinski definition) is 0. The molecule has 0 saturated heterocycles. The molecule has 0 amide bonds. The van der Waals surface area contributed by atoms with Crippen LogP contribution in [0.2, 0.25) is 0 Å². The molecule has 162 valence electrons. The van der Waals surface area contributed by atoms with Gasteiger partial charge in [0.1, 0.15) is 0 Å². The Morgan fingerprint density at radius 2 is 2.06 bits per heavy atom. The largest absolute Gasteiger partial charge is 0.462 e. The van der Waals surface area contributed by atoms with Gasteiger partial charge >= 0.3 is 5.97 Å². The number of aromatic nitrogens is 4. The van der Waals surface area contributed by atoms with Gasteiger partial charge in [0.05, 0.1) is 17.7 Å². The molecule has 1 aromatic carbocycles. The fraction of sp³-hybridized carbons (Fsp3) is 0.320. The third-order valence-electron chi connectivity index (χ3n) is 5.78. The summed E-state index contributed by atoms with van der Waals surface area (Å²) in [5.41, 5.74) is 5.54. The number of hydrogen-bond acceptors (Lipinski definition) is 7. The number of carbonyl (C=O) groups excluding carboxylic acids is 1. The third kappa shape index (κ3) is 4.10. The molecular formula is C25H24N4O3. The van der Waals surface area contributed by atoms with Gasteiger partial charge in [-0.2, -0.15) is 4.98 Å². The Morgan fingerprint density at radius 1 is 1.16 bits per heavy atom. The lowest BCUT2D eigenvalue weighted by Crippen LogP contribution is -2.16. The molecule has 0 atom stereocenters. The average molecular weight is 428 g/mol. The average Bonchev–Trinajstić information content (AvgIpc) is 3.30. The van der Waals surface area contributed by atoms with Crippen LogP contribution in [0.25, 0.3) is 22.3 Å². The molecule has 4 aromatic rings. The Balaban J connectivity index is 1.28. The van der Waals surface area contributed by atoms with Crippen LogP contribution in [-0.4, -0.2) is 32.7 Å². The quantitative estimate of drug-likeness (QED) is 0.326. The number of aryl methyl sites for hydroxylation is 3. The summed E-state index contributed by atoms with van der Waals surface area (Å²) in [6, 6.07) is 9.76. The zero-order chi connectivity index (χ0) is 21.9. The van der Waals surface area contributed by atoms with Gasteiger partial charge in [0.25, 0.3) is 0 Å². The Bertz CT molecular complexity index is 1270. The first kappa shape index (κ1) is 20.3. The van der Waals surface area contributed by atoms with Crippen molar-refractivity contribution in [3.8, 4) is 11.4 Å². The molecule has 0 radical (unpaired) electrons. The molecule has 32 heavy (non-hydrogen) atoms. The van der Waals surface area contributed by atoms with Gasteiger partial charge in [-0.05, 0) is 68.9 Å². The number of fused-ring (bicyclic) bond motifs is 2. The van der Waals surface area contributed by atoms with E-state index in [2.05, 4.69) is 15.1 Å². The lowest BCUT2D eigenvalue weighted by Gasteiger charge is -2.20.